The largest absolute Gasteiger partial charge is 0.335 e. The van der Waals surface area contributed by atoms with E-state index in [1.807, 2.05) is 11.8 Å². The van der Waals surface area contributed by atoms with Crippen LogP contribution in [0.1, 0.15) is 32.4 Å². The van der Waals surface area contributed by atoms with E-state index in [0.717, 1.165) is 38.4 Å². The monoisotopic (exact) mass is 392 g/mol. The molecule has 0 saturated carbocycles. The zero-order valence-electron chi connectivity index (χ0n) is 16.0. The maximum Gasteiger partial charge on any atom is 0.267 e. The number of benzene rings is 2. The molecule has 0 N–H and O–H groups in total. The summed E-state index contributed by atoms with van der Waals surface area (Å²) in [7, 11) is 0. The van der Waals surface area contributed by atoms with Crippen molar-refractivity contribution in [1.29, 1.82) is 0 Å². The number of hydrogen-bond acceptors (Lipinski definition) is 5. The van der Waals surface area contributed by atoms with Crippen LogP contribution in [0.2, 0.25) is 0 Å². The Morgan fingerprint density at radius 1 is 0.964 bits per heavy atom. The average molecular weight is 393 g/mol. The third-order valence-corrected chi connectivity index (χ3v) is 6.17. The van der Waals surface area contributed by atoms with Crippen LogP contribution < -0.4 is 0 Å². The highest BCUT2D eigenvalue weighted by Gasteiger charge is 2.26. The minimum atomic E-state index is 0.0646. The molecular formula is C22H24N4OS. The Balaban J connectivity index is 1.43. The van der Waals surface area contributed by atoms with Crippen LogP contribution in [0.15, 0.2) is 60.7 Å². The summed E-state index contributed by atoms with van der Waals surface area (Å²) in [6, 6.07) is 21.4. The van der Waals surface area contributed by atoms with E-state index in [9.17, 15) is 4.79 Å². The van der Waals surface area contributed by atoms with Gasteiger partial charge in [-0.3, -0.25) is 9.69 Å². The molecule has 4 rings (SSSR count). The van der Waals surface area contributed by atoms with Gasteiger partial charge >= 0.3 is 0 Å². The first-order valence-electron chi connectivity index (χ1n) is 9.63. The summed E-state index contributed by atoms with van der Waals surface area (Å²) in [5.41, 5.74) is 3.39. The number of hydrogen-bond donors (Lipinski definition) is 0. The van der Waals surface area contributed by atoms with Crippen molar-refractivity contribution in [2.45, 2.75) is 12.8 Å². The number of carbonyl (C=O) groups is 1. The van der Waals surface area contributed by atoms with Gasteiger partial charge in [-0.1, -0.05) is 65.2 Å². The van der Waals surface area contributed by atoms with E-state index in [2.05, 4.69) is 75.2 Å². The Kier molecular flexibility index (Phi) is 5.78. The molecule has 0 unspecified atom stereocenters. The summed E-state index contributed by atoms with van der Waals surface area (Å²) in [6.45, 7) is 6.05. The van der Waals surface area contributed by atoms with Crippen molar-refractivity contribution in [2.24, 2.45) is 0 Å². The average Bonchev–Trinajstić information content (AvgIpc) is 3.19. The van der Waals surface area contributed by atoms with Crippen molar-refractivity contribution in [3.05, 3.63) is 82.4 Å². The summed E-state index contributed by atoms with van der Waals surface area (Å²) in [4.78, 5) is 17.8. The second kappa shape index (κ2) is 8.63. The minimum Gasteiger partial charge on any atom is -0.335 e. The zero-order valence-corrected chi connectivity index (χ0v) is 16.8. The number of amides is 1. The smallest absolute Gasteiger partial charge is 0.267 e. The maximum atomic E-state index is 12.7. The Labute approximate surface area is 169 Å². The van der Waals surface area contributed by atoms with E-state index in [0.29, 0.717) is 10.8 Å². The molecule has 1 aliphatic heterocycles. The van der Waals surface area contributed by atoms with Gasteiger partial charge in [-0.2, -0.15) is 0 Å². The van der Waals surface area contributed by atoms with Crippen molar-refractivity contribution in [2.75, 3.05) is 32.7 Å². The molecule has 1 amide bonds. The Bertz CT molecular complexity index is 865. The quantitative estimate of drug-likeness (QED) is 0.667. The molecule has 28 heavy (non-hydrogen) atoms. The second-order valence-corrected chi connectivity index (χ2v) is 7.91. The van der Waals surface area contributed by atoms with Crippen molar-refractivity contribution >= 4 is 17.4 Å². The molecule has 0 aliphatic carbocycles. The zero-order chi connectivity index (χ0) is 19.3. The Hall–Kier alpha value is -2.57. The number of aryl methyl sites for hydroxylation is 1. The molecule has 2 aromatic carbocycles. The molecule has 144 valence electrons. The van der Waals surface area contributed by atoms with Crippen LogP contribution in [-0.4, -0.2) is 58.0 Å². The highest BCUT2D eigenvalue weighted by molar-refractivity contribution is 7.07. The molecule has 1 fully saturated rings. The highest BCUT2D eigenvalue weighted by Crippen LogP contribution is 2.26. The summed E-state index contributed by atoms with van der Waals surface area (Å²) in [5, 5.41) is 3.96. The van der Waals surface area contributed by atoms with Crippen molar-refractivity contribution in [3.63, 3.8) is 0 Å². The van der Waals surface area contributed by atoms with Crippen LogP contribution in [0.5, 0.6) is 0 Å². The molecule has 0 radical (unpaired) electrons. The summed E-state index contributed by atoms with van der Waals surface area (Å²) < 4.78 is 3.89. The highest BCUT2D eigenvalue weighted by atomic mass is 32.1. The van der Waals surface area contributed by atoms with Gasteiger partial charge in [0.05, 0.1) is 5.69 Å². The van der Waals surface area contributed by atoms with E-state index in [-0.39, 0.29) is 5.91 Å². The lowest BCUT2D eigenvalue weighted by Crippen LogP contribution is -2.49. The van der Waals surface area contributed by atoms with Gasteiger partial charge < -0.3 is 4.90 Å². The first kappa shape index (κ1) is 18.8. The number of piperazine rings is 1. The van der Waals surface area contributed by atoms with Crippen LogP contribution in [0, 0.1) is 6.92 Å². The molecule has 1 aromatic heterocycles. The Morgan fingerprint density at radius 3 is 2.04 bits per heavy atom. The van der Waals surface area contributed by atoms with Gasteiger partial charge in [0.25, 0.3) is 5.91 Å². The third-order valence-electron chi connectivity index (χ3n) is 5.35. The van der Waals surface area contributed by atoms with Gasteiger partial charge in [-0.15, -0.1) is 5.10 Å². The lowest BCUT2D eigenvalue weighted by atomic mass is 9.90. The maximum absolute atomic E-state index is 12.7. The lowest BCUT2D eigenvalue weighted by molar-refractivity contribution is 0.0637. The lowest BCUT2D eigenvalue weighted by Gasteiger charge is -2.36. The van der Waals surface area contributed by atoms with E-state index < -0.39 is 0 Å². The summed E-state index contributed by atoms with van der Waals surface area (Å²) >= 11 is 1.19. The van der Waals surface area contributed by atoms with E-state index >= 15 is 0 Å². The molecule has 3 aromatic rings. The fourth-order valence-electron chi connectivity index (χ4n) is 3.74. The predicted octanol–water partition coefficient (Wildman–Crippen LogP) is 3.44. The fourth-order valence-corrected chi connectivity index (χ4v) is 4.36. The van der Waals surface area contributed by atoms with Gasteiger partial charge in [0.1, 0.15) is 4.88 Å². The number of carbonyl (C=O) groups excluding carboxylic acids is 1. The predicted molar refractivity (Wildman–Crippen MR) is 112 cm³/mol. The molecule has 2 heterocycles. The summed E-state index contributed by atoms with van der Waals surface area (Å²) in [6.07, 6.45) is 0. The molecule has 5 nitrogen and oxygen atoms in total. The molecular weight excluding hydrogens is 368 g/mol. The molecule has 6 heteroatoms. The Morgan fingerprint density at radius 2 is 1.54 bits per heavy atom. The number of rotatable bonds is 5. The van der Waals surface area contributed by atoms with Crippen molar-refractivity contribution in [1.82, 2.24) is 19.4 Å². The molecule has 0 spiro atoms. The second-order valence-electron chi connectivity index (χ2n) is 7.15. The SMILES string of the molecule is Cc1nnsc1C(=O)N1CCN(CC(c2ccccc2)c2ccccc2)CC1. The van der Waals surface area contributed by atoms with E-state index in [4.69, 9.17) is 0 Å². The standard InChI is InChI=1S/C22H24N4OS/c1-17-21(28-24-23-17)22(27)26-14-12-25(13-15-26)16-20(18-8-4-2-5-9-18)19-10-6-3-7-11-19/h2-11,20H,12-16H2,1H3. The fraction of sp³-hybridized carbons (Fsp3) is 0.318. The molecule has 0 atom stereocenters. The van der Waals surface area contributed by atoms with Crippen LogP contribution in [0.25, 0.3) is 0 Å². The molecule has 1 aliphatic rings. The molecule has 1 saturated heterocycles. The minimum absolute atomic E-state index is 0.0646. The van der Waals surface area contributed by atoms with Gasteiger partial charge in [0.15, 0.2) is 0 Å². The first-order chi connectivity index (χ1) is 13.7. The van der Waals surface area contributed by atoms with E-state index in [1.165, 1.54) is 22.7 Å². The summed E-state index contributed by atoms with van der Waals surface area (Å²) in [5.74, 6) is 0.396. The first-order valence-corrected chi connectivity index (χ1v) is 10.4. The third kappa shape index (κ3) is 4.13. The topological polar surface area (TPSA) is 49.3 Å². The van der Waals surface area contributed by atoms with Gasteiger partial charge in [0.2, 0.25) is 0 Å². The van der Waals surface area contributed by atoms with Gasteiger partial charge in [0, 0.05) is 38.6 Å². The van der Waals surface area contributed by atoms with Gasteiger partial charge in [-0.25, -0.2) is 0 Å². The van der Waals surface area contributed by atoms with Crippen LogP contribution >= 0.6 is 11.5 Å². The van der Waals surface area contributed by atoms with Crippen LogP contribution in [0.3, 0.4) is 0 Å². The van der Waals surface area contributed by atoms with E-state index in [1.54, 1.807) is 0 Å². The van der Waals surface area contributed by atoms with Crippen LogP contribution in [0.4, 0.5) is 0 Å². The van der Waals surface area contributed by atoms with Crippen molar-refractivity contribution < 1.29 is 4.79 Å². The van der Waals surface area contributed by atoms with Crippen molar-refractivity contribution in [3.8, 4) is 0 Å². The van der Waals surface area contributed by atoms with Gasteiger partial charge in [-0.05, 0) is 29.6 Å². The molecule has 0 bridgehead atoms. The number of aromatic nitrogens is 2. The number of nitrogens with zero attached hydrogens (tertiary/aromatic N) is 4. The normalized spacial score (nSPS) is 15.1. The van der Waals surface area contributed by atoms with Crippen LogP contribution in [-0.2, 0) is 0 Å².